The second-order valence-corrected chi connectivity index (χ2v) is 7.48. The van der Waals surface area contributed by atoms with Gasteiger partial charge in [-0.1, -0.05) is 22.9 Å². The van der Waals surface area contributed by atoms with Crippen molar-refractivity contribution in [2.24, 2.45) is 0 Å². The lowest BCUT2D eigenvalue weighted by molar-refractivity contribution is 0.114. The summed E-state index contributed by atoms with van der Waals surface area (Å²) in [5, 5.41) is 0. The van der Waals surface area contributed by atoms with Gasteiger partial charge in [0.2, 0.25) is 0 Å². The van der Waals surface area contributed by atoms with E-state index in [0.29, 0.717) is 6.45 Å². The molecule has 12 heavy (non-hydrogen) atoms. The van der Waals surface area contributed by atoms with Crippen molar-refractivity contribution in [2.75, 3.05) is 0 Å². The predicted molar refractivity (Wildman–Crippen MR) is 69.7 cm³/mol. The topological polar surface area (TPSA) is 9.23 Å². The number of rotatable bonds is 5. The van der Waals surface area contributed by atoms with Crippen molar-refractivity contribution in [2.45, 2.75) is 50.5 Å². The first-order chi connectivity index (χ1) is 5.33. The third-order valence-electron chi connectivity index (χ3n) is 1.85. The van der Waals surface area contributed by atoms with Gasteiger partial charge in [-0.3, -0.25) is 0 Å². The second-order valence-electron chi connectivity index (χ2n) is 3.88. The van der Waals surface area contributed by atoms with Crippen molar-refractivity contribution in [1.29, 1.82) is 0 Å². The summed E-state index contributed by atoms with van der Waals surface area (Å²) in [6.45, 7) is 9.25. The zero-order valence-corrected chi connectivity index (χ0v) is 12.8. The van der Waals surface area contributed by atoms with Gasteiger partial charge in [-0.05, 0) is 55.7 Å². The molecule has 0 radical (unpaired) electrons. The van der Waals surface area contributed by atoms with Crippen molar-refractivity contribution in [3.05, 3.63) is 0 Å². The molecule has 0 fully saturated rings. The molecule has 0 amide bonds. The lowest BCUT2D eigenvalue weighted by atomic mass is 9.93. The van der Waals surface area contributed by atoms with E-state index in [9.17, 15) is 0 Å². The summed E-state index contributed by atoms with van der Waals surface area (Å²) in [6, 6.07) is 0. The third kappa shape index (κ3) is 6.11. The highest BCUT2D eigenvalue weighted by molar-refractivity contribution is 14.2. The van der Waals surface area contributed by atoms with E-state index in [1.54, 1.807) is 0 Å². The second kappa shape index (κ2) is 5.47. The van der Waals surface area contributed by atoms with Crippen LogP contribution >= 0.6 is 44.4 Å². The number of hydrogen-bond donors (Lipinski definition) is 0. The lowest BCUT2D eigenvalue weighted by Gasteiger charge is -2.32. The standard InChI is InChI=1S/C8H17BrIOP/c1-5-8(4,9)6-7(2,3)11-12-10/h12H,5-6H2,1-4H3. The van der Waals surface area contributed by atoms with Gasteiger partial charge in [0.1, 0.15) is 0 Å². The van der Waals surface area contributed by atoms with E-state index in [0.717, 1.165) is 12.8 Å². The van der Waals surface area contributed by atoms with E-state index in [1.807, 2.05) is 0 Å². The largest absolute Gasteiger partial charge is 0.346 e. The fourth-order valence-electron chi connectivity index (χ4n) is 1.15. The molecule has 0 aromatic carbocycles. The highest BCUT2D eigenvalue weighted by Gasteiger charge is 2.29. The molecule has 0 saturated heterocycles. The van der Waals surface area contributed by atoms with Crippen LogP contribution in [0.1, 0.15) is 40.5 Å². The molecule has 0 saturated carbocycles. The molecule has 0 aliphatic rings. The van der Waals surface area contributed by atoms with Crippen molar-refractivity contribution in [3.8, 4) is 0 Å². The number of alkyl halides is 1. The van der Waals surface area contributed by atoms with Gasteiger partial charge in [0.25, 0.3) is 0 Å². The highest BCUT2D eigenvalue weighted by Crippen LogP contribution is 2.38. The van der Waals surface area contributed by atoms with Crippen molar-refractivity contribution in [3.63, 3.8) is 0 Å². The molecule has 0 aromatic heterocycles. The van der Waals surface area contributed by atoms with Crippen LogP contribution in [0.2, 0.25) is 0 Å². The van der Waals surface area contributed by atoms with E-state index in [2.05, 4.69) is 65.7 Å². The first-order valence-corrected chi connectivity index (χ1v) is 8.87. The summed E-state index contributed by atoms with van der Waals surface area (Å²) in [4.78, 5) is 0. The van der Waals surface area contributed by atoms with Crippen LogP contribution in [-0.2, 0) is 4.52 Å². The lowest BCUT2D eigenvalue weighted by Crippen LogP contribution is -2.31. The van der Waals surface area contributed by atoms with Crippen LogP contribution in [0.15, 0.2) is 0 Å². The molecule has 0 heterocycles. The fourth-order valence-corrected chi connectivity index (χ4v) is 3.90. The minimum Gasteiger partial charge on any atom is -0.346 e. The molecule has 4 heteroatoms. The molecular formula is C8H17BrIOP. The van der Waals surface area contributed by atoms with Crippen LogP contribution < -0.4 is 0 Å². The summed E-state index contributed by atoms with van der Waals surface area (Å²) in [7, 11) is 0. The van der Waals surface area contributed by atoms with Crippen LogP contribution in [0.4, 0.5) is 0 Å². The maximum absolute atomic E-state index is 5.65. The Morgan fingerprint density at radius 3 is 2.25 bits per heavy atom. The highest BCUT2D eigenvalue weighted by atomic mass is 127. The Kier molecular flexibility index (Phi) is 6.20. The molecule has 0 aliphatic heterocycles. The first-order valence-electron chi connectivity index (χ1n) is 4.05. The molecule has 0 aliphatic carbocycles. The molecule has 0 spiro atoms. The smallest absolute Gasteiger partial charge is 0.0801 e. The average molecular weight is 367 g/mol. The third-order valence-corrected chi connectivity index (χ3v) is 3.98. The summed E-state index contributed by atoms with van der Waals surface area (Å²) in [5.41, 5.74) is -0.00606. The van der Waals surface area contributed by atoms with Crippen LogP contribution in [0.25, 0.3) is 0 Å². The fraction of sp³-hybridized carbons (Fsp3) is 1.00. The number of halogens is 2. The summed E-state index contributed by atoms with van der Waals surface area (Å²) in [5.74, 6) is 0. The van der Waals surface area contributed by atoms with Crippen LogP contribution in [0.3, 0.4) is 0 Å². The summed E-state index contributed by atoms with van der Waals surface area (Å²) < 4.78 is 5.87. The molecule has 0 rings (SSSR count). The Balaban J connectivity index is 4.04. The normalized spacial score (nSPS) is 18.5. The van der Waals surface area contributed by atoms with Gasteiger partial charge >= 0.3 is 0 Å². The minimum atomic E-state index is -0.00606. The van der Waals surface area contributed by atoms with Gasteiger partial charge in [-0.15, -0.1) is 0 Å². The van der Waals surface area contributed by atoms with Crippen LogP contribution in [0, 0.1) is 0 Å². The van der Waals surface area contributed by atoms with Gasteiger partial charge in [-0.2, -0.15) is 0 Å². The van der Waals surface area contributed by atoms with Crippen LogP contribution in [0.5, 0.6) is 0 Å². The van der Waals surface area contributed by atoms with E-state index in [4.69, 9.17) is 4.52 Å². The van der Waals surface area contributed by atoms with Gasteiger partial charge in [0.15, 0.2) is 0 Å². The number of hydrogen-bond acceptors (Lipinski definition) is 1. The van der Waals surface area contributed by atoms with Crippen molar-refractivity contribution < 1.29 is 4.52 Å². The van der Waals surface area contributed by atoms with Crippen molar-refractivity contribution in [1.82, 2.24) is 0 Å². The SMILES string of the molecule is CCC(C)(Br)CC(C)(C)OPI. The predicted octanol–water partition coefficient (Wildman–Crippen LogP) is 4.68. The Labute approximate surface area is 98.9 Å². The van der Waals surface area contributed by atoms with E-state index < -0.39 is 0 Å². The molecule has 2 unspecified atom stereocenters. The Bertz CT molecular complexity index is 139. The van der Waals surface area contributed by atoms with Gasteiger partial charge < -0.3 is 4.52 Å². The molecule has 2 atom stereocenters. The van der Waals surface area contributed by atoms with E-state index in [-0.39, 0.29) is 9.93 Å². The van der Waals surface area contributed by atoms with E-state index in [1.165, 1.54) is 0 Å². The maximum atomic E-state index is 5.65. The Morgan fingerprint density at radius 2 is 1.92 bits per heavy atom. The molecular weight excluding hydrogens is 350 g/mol. The quantitative estimate of drug-likeness (QED) is 0.390. The maximum Gasteiger partial charge on any atom is 0.0801 e. The molecule has 74 valence electrons. The minimum absolute atomic E-state index is 0.00606. The zero-order chi connectivity index (χ0) is 9.83. The monoisotopic (exact) mass is 366 g/mol. The molecule has 0 N–H and O–H groups in total. The van der Waals surface area contributed by atoms with Gasteiger partial charge in [0.05, 0.1) is 12.1 Å². The average Bonchev–Trinajstić information content (AvgIpc) is 1.85. The Morgan fingerprint density at radius 1 is 1.42 bits per heavy atom. The van der Waals surface area contributed by atoms with Gasteiger partial charge in [-0.25, -0.2) is 0 Å². The molecule has 1 nitrogen and oxygen atoms in total. The van der Waals surface area contributed by atoms with Crippen molar-refractivity contribution >= 4 is 44.4 Å². The zero-order valence-electron chi connectivity index (χ0n) is 8.08. The molecule has 0 bridgehead atoms. The summed E-state index contributed by atoms with van der Waals surface area (Å²) in [6.07, 6.45) is 2.18. The van der Waals surface area contributed by atoms with E-state index >= 15 is 0 Å². The Hall–Kier alpha value is 1.60. The van der Waals surface area contributed by atoms with Crippen LogP contribution in [-0.4, -0.2) is 9.93 Å². The van der Waals surface area contributed by atoms with Gasteiger partial charge in [0, 0.05) is 4.32 Å². The summed E-state index contributed by atoms with van der Waals surface area (Å²) >= 11 is 5.97. The first kappa shape index (κ1) is 13.6. The molecule has 0 aromatic rings.